The van der Waals surface area contributed by atoms with E-state index in [9.17, 15) is 4.39 Å². The first-order valence-corrected chi connectivity index (χ1v) is 6.97. The first kappa shape index (κ1) is 13.8. The third-order valence-electron chi connectivity index (χ3n) is 3.91. The van der Waals surface area contributed by atoms with Gasteiger partial charge in [0, 0.05) is 6.04 Å². The van der Waals surface area contributed by atoms with Crippen LogP contribution in [0.5, 0.6) is 0 Å². The van der Waals surface area contributed by atoms with Crippen LogP contribution in [0.25, 0.3) is 16.7 Å². The number of nitrogens with two attached hydrogens (primary N) is 1. The minimum Gasteiger partial charge on any atom is -0.324 e. The number of hydrogen-bond acceptors (Lipinski definition) is 2. The van der Waals surface area contributed by atoms with E-state index in [4.69, 9.17) is 5.73 Å². The summed E-state index contributed by atoms with van der Waals surface area (Å²) in [5.74, 6) is -0.290. The van der Waals surface area contributed by atoms with Gasteiger partial charge in [-0.2, -0.15) is 0 Å². The number of aryl methyl sites for hydroxylation is 2. The van der Waals surface area contributed by atoms with E-state index in [1.54, 1.807) is 17.0 Å². The van der Waals surface area contributed by atoms with Gasteiger partial charge in [-0.3, -0.25) is 4.57 Å². The van der Waals surface area contributed by atoms with E-state index in [1.807, 2.05) is 39.0 Å². The van der Waals surface area contributed by atoms with Crippen LogP contribution in [0.15, 0.2) is 36.7 Å². The molecule has 0 saturated carbocycles. The first-order chi connectivity index (χ1) is 9.99. The molecule has 2 N–H and O–H groups in total. The van der Waals surface area contributed by atoms with E-state index >= 15 is 0 Å². The lowest BCUT2D eigenvalue weighted by Crippen LogP contribution is -2.11. The van der Waals surface area contributed by atoms with Crippen LogP contribution in [-0.2, 0) is 0 Å². The summed E-state index contributed by atoms with van der Waals surface area (Å²) < 4.78 is 16.2. The average Bonchev–Trinajstić information content (AvgIpc) is 2.81. The van der Waals surface area contributed by atoms with Crippen molar-refractivity contribution >= 4 is 11.0 Å². The molecule has 0 aliphatic rings. The van der Waals surface area contributed by atoms with Gasteiger partial charge in [-0.15, -0.1) is 0 Å². The van der Waals surface area contributed by atoms with Gasteiger partial charge < -0.3 is 5.73 Å². The number of aromatic nitrogens is 2. The zero-order valence-electron chi connectivity index (χ0n) is 12.4. The van der Waals surface area contributed by atoms with Crippen molar-refractivity contribution in [2.75, 3.05) is 0 Å². The quantitative estimate of drug-likeness (QED) is 0.777. The topological polar surface area (TPSA) is 43.8 Å². The van der Waals surface area contributed by atoms with Crippen LogP contribution in [0.2, 0.25) is 0 Å². The lowest BCUT2D eigenvalue weighted by Gasteiger charge is -2.15. The van der Waals surface area contributed by atoms with Gasteiger partial charge in [0.1, 0.15) is 12.1 Å². The zero-order chi connectivity index (χ0) is 15.1. The number of hydrogen-bond donors (Lipinski definition) is 1. The molecule has 0 amide bonds. The lowest BCUT2D eigenvalue weighted by atomic mass is 10.1. The molecule has 1 aromatic heterocycles. The molecular weight excluding hydrogens is 265 g/mol. The van der Waals surface area contributed by atoms with E-state index in [-0.39, 0.29) is 11.9 Å². The van der Waals surface area contributed by atoms with Gasteiger partial charge in [0.2, 0.25) is 0 Å². The second kappa shape index (κ2) is 4.97. The van der Waals surface area contributed by atoms with E-state index in [0.29, 0.717) is 5.69 Å². The molecule has 1 heterocycles. The highest BCUT2D eigenvalue weighted by atomic mass is 19.1. The Bertz CT molecular complexity index is 818. The predicted molar refractivity (Wildman–Crippen MR) is 83.1 cm³/mol. The Morgan fingerprint density at radius 1 is 1.19 bits per heavy atom. The van der Waals surface area contributed by atoms with Crippen LogP contribution in [-0.4, -0.2) is 9.55 Å². The van der Waals surface area contributed by atoms with Gasteiger partial charge in [-0.05, 0) is 55.7 Å². The number of rotatable bonds is 2. The van der Waals surface area contributed by atoms with Crippen molar-refractivity contribution in [3.63, 3.8) is 0 Å². The monoisotopic (exact) mass is 283 g/mol. The highest BCUT2D eigenvalue weighted by Gasteiger charge is 2.16. The fraction of sp³-hybridized carbons (Fsp3) is 0.235. The third-order valence-corrected chi connectivity index (χ3v) is 3.91. The van der Waals surface area contributed by atoms with E-state index in [1.165, 1.54) is 11.6 Å². The van der Waals surface area contributed by atoms with Crippen LogP contribution in [0.1, 0.15) is 29.7 Å². The largest absolute Gasteiger partial charge is 0.324 e. The minimum atomic E-state index is -0.290. The Morgan fingerprint density at radius 2 is 1.90 bits per heavy atom. The highest BCUT2D eigenvalue weighted by molar-refractivity contribution is 5.79. The van der Waals surface area contributed by atoms with E-state index in [0.717, 1.165) is 22.2 Å². The standard InChI is InChI=1S/C17H18FN3/c1-10-7-15-16(8-11(10)2)21(9-20-15)17-13(12(3)19)5-4-6-14(17)18/h4-9,12H,19H2,1-3H3. The summed E-state index contributed by atoms with van der Waals surface area (Å²) in [5, 5.41) is 0. The molecule has 3 aromatic rings. The molecule has 0 spiro atoms. The summed E-state index contributed by atoms with van der Waals surface area (Å²) in [6.07, 6.45) is 1.66. The summed E-state index contributed by atoms with van der Waals surface area (Å²) in [6.45, 7) is 5.94. The van der Waals surface area contributed by atoms with Crippen molar-refractivity contribution in [2.24, 2.45) is 5.73 Å². The summed E-state index contributed by atoms with van der Waals surface area (Å²) in [4.78, 5) is 4.39. The molecule has 0 aliphatic carbocycles. The molecule has 0 fully saturated rings. The highest BCUT2D eigenvalue weighted by Crippen LogP contribution is 2.28. The van der Waals surface area contributed by atoms with Crippen LogP contribution < -0.4 is 5.73 Å². The number of benzene rings is 2. The van der Waals surface area contributed by atoms with Crippen molar-refractivity contribution in [3.05, 3.63) is 59.2 Å². The van der Waals surface area contributed by atoms with Gasteiger partial charge in [0.15, 0.2) is 0 Å². The third kappa shape index (κ3) is 2.21. The van der Waals surface area contributed by atoms with Crippen LogP contribution in [0, 0.1) is 19.7 Å². The summed E-state index contributed by atoms with van der Waals surface area (Å²) in [6, 6.07) is 8.80. The maximum Gasteiger partial charge on any atom is 0.147 e. The molecule has 2 aromatic carbocycles. The molecule has 108 valence electrons. The van der Waals surface area contributed by atoms with Crippen molar-refractivity contribution in [3.8, 4) is 5.69 Å². The summed E-state index contributed by atoms with van der Waals surface area (Å²) in [5.41, 5.74) is 11.3. The molecule has 4 heteroatoms. The Labute approximate surface area is 123 Å². The molecule has 3 nitrogen and oxygen atoms in total. The average molecular weight is 283 g/mol. The first-order valence-electron chi connectivity index (χ1n) is 6.97. The molecular formula is C17H18FN3. The zero-order valence-corrected chi connectivity index (χ0v) is 12.4. The molecule has 1 unspecified atom stereocenters. The minimum absolute atomic E-state index is 0.250. The number of nitrogens with zero attached hydrogens (tertiary/aromatic N) is 2. The maximum atomic E-state index is 14.4. The Kier molecular flexibility index (Phi) is 3.26. The van der Waals surface area contributed by atoms with Gasteiger partial charge in [0.25, 0.3) is 0 Å². The molecule has 3 rings (SSSR count). The van der Waals surface area contributed by atoms with Crippen molar-refractivity contribution in [1.29, 1.82) is 0 Å². The smallest absolute Gasteiger partial charge is 0.147 e. The number of imidazole rings is 1. The van der Waals surface area contributed by atoms with Gasteiger partial charge in [-0.1, -0.05) is 12.1 Å². The molecule has 0 bridgehead atoms. The normalized spacial score (nSPS) is 12.8. The van der Waals surface area contributed by atoms with Crippen molar-refractivity contribution in [1.82, 2.24) is 9.55 Å². The van der Waals surface area contributed by atoms with Crippen molar-refractivity contribution in [2.45, 2.75) is 26.8 Å². The number of halogens is 1. The molecule has 21 heavy (non-hydrogen) atoms. The Morgan fingerprint density at radius 3 is 2.62 bits per heavy atom. The fourth-order valence-corrected chi connectivity index (χ4v) is 2.60. The number of para-hydroxylation sites is 1. The summed E-state index contributed by atoms with van der Waals surface area (Å²) in [7, 11) is 0. The number of fused-ring (bicyclic) bond motifs is 1. The Hall–Kier alpha value is -2.20. The lowest BCUT2D eigenvalue weighted by molar-refractivity contribution is 0.612. The van der Waals surface area contributed by atoms with Crippen LogP contribution in [0.3, 0.4) is 0 Å². The van der Waals surface area contributed by atoms with Crippen molar-refractivity contribution < 1.29 is 4.39 Å². The SMILES string of the molecule is Cc1cc2ncn(-c3c(F)cccc3C(C)N)c2cc1C. The summed E-state index contributed by atoms with van der Waals surface area (Å²) >= 11 is 0. The Balaban J connectivity index is 2.34. The second-order valence-corrected chi connectivity index (χ2v) is 5.51. The predicted octanol–water partition coefficient (Wildman–Crippen LogP) is 3.80. The molecule has 0 radical (unpaired) electrons. The maximum absolute atomic E-state index is 14.4. The molecule has 0 aliphatic heterocycles. The van der Waals surface area contributed by atoms with E-state index < -0.39 is 0 Å². The molecule has 0 saturated heterocycles. The van der Waals surface area contributed by atoms with Gasteiger partial charge in [0.05, 0.1) is 16.7 Å². The molecule has 1 atom stereocenters. The van der Waals surface area contributed by atoms with E-state index in [2.05, 4.69) is 4.98 Å². The second-order valence-electron chi connectivity index (χ2n) is 5.51. The van der Waals surface area contributed by atoms with Crippen LogP contribution in [0.4, 0.5) is 4.39 Å². The fourth-order valence-electron chi connectivity index (χ4n) is 2.60. The van der Waals surface area contributed by atoms with Crippen LogP contribution >= 0.6 is 0 Å². The van der Waals surface area contributed by atoms with Gasteiger partial charge in [-0.25, -0.2) is 9.37 Å². The van der Waals surface area contributed by atoms with Gasteiger partial charge >= 0.3 is 0 Å².